The van der Waals surface area contributed by atoms with Crippen LogP contribution in [-0.2, 0) is 9.53 Å². The number of carbonyl (C=O) groups is 2. The van der Waals surface area contributed by atoms with Gasteiger partial charge >= 0.3 is 5.97 Å². The average molecular weight is 418 g/mol. The highest BCUT2D eigenvalue weighted by Gasteiger charge is 2.27. The Hall–Kier alpha value is -3.54. The highest BCUT2D eigenvalue weighted by atomic mass is 16.5. The largest absolute Gasteiger partial charge is 0.449 e. The Balaban J connectivity index is 1.36. The van der Waals surface area contributed by atoms with Crippen LogP contribution in [0.5, 0.6) is 0 Å². The Bertz CT molecular complexity index is 1040. The van der Waals surface area contributed by atoms with Gasteiger partial charge < -0.3 is 19.1 Å². The summed E-state index contributed by atoms with van der Waals surface area (Å²) in [5, 5.41) is 0. The topological polar surface area (TPSA) is 54.8 Å². The molecule has 6 nitrogen and oxygen atoms in total. The summed E-state index contributed by atoms with van der Waals surface area (Å²) in [6, 6.07) is 19.5. The van der Waals surface area contributed by atoms with E-state index in [0.29, 0.717) is 18.7 Å². The summed E-state index contributed by atoms with van der Waals surface area (Å²) >= 11 is 0. The van der Waals surface area contributed by atoms with Crippen molar-refractivity contribution in [3.05, 3.63) is 84.2 Å². The van der Waals surface area contributed by atoms with E-state index >= 15 is 0 Å². The first kappa shape index (κ1) is 20.7. The number of rotatable bonds is 5. The fourth-order valence-corrected chi connectivity index (χ4v) is 3.87. The fraction of sp³-hybridized carbons (Fsp3) is 0.280. The third-order valence-electron chi connectivity index (χ3n) is 5.67. The van der Waals surface area contributed by atoms with Crippen molar-refractivity contribution in [1.29, 1.82) is 0 Å². The molecular weight excluding hydrogens is 390 g/mol. The van der Waals surface area contributed by atoms with Gasteiger partial charge in [0.05, 0.1) is 5.56 Å². The maximum atomic E-state index is 12.8. The van der Waals surface area contributed by atoms with Gasteiger partial charge in [0.2, 0.25) is 0 Å². The Kier molecular flexibility index (Phi) is 6.07. The van der Waals surface area contributed by atoms with Crippen molar-refractivity contribution in [2.45, 2.75) is 20.0 Å². The molecule has 4 rings (SSSR count). The number of nitrogens with zero attached hydrogens (tertiary/aromatic N) is 3. The van der Waals surface area contributed by atoms with Gasteiger partial charge in [-0.25, -0.2) is 4.79 Å². The van der Waals surface area contributed by atoms with Crippen LogP contribution in [-0.4, -0.2) is 53.6 Å². The second kappa shape index (κ2) is 9.08. The zero-order valence-electron chi connectivity index (χ0n) is 17.9. The normalized spacial score (nSPS) is 14.9. The van der Waals surface area contributed by atoms with E-state index in [1.807, 2.05) is 60.3 Å². The third-order valence-corrected chi connectivity index (χ3v) is 5.67. The molecule has 6 heteroatoms. The van der Waals surface area contributed by atoms with Crippen molar-refractivity contribution >= 4 is 17.6 Å². The van der Waals surface area contributed by atoms with Crippen LogP contribution in [0.15, 0.2) is 73.1 Å². The van der Waals surface area contributed by atoms with Gasteiger partial charge in [0.25, 0.3) is 5.91 Å². The molecule has 1 aliphatic heterocycles. The van der Waals surface area contributed by atoms with Crippen LogP contribution in [0.1, 0.15) is 22.8 Å². The van der Waals surface area contributed by atoms with Crippen LogP contribution in [0.4, 0.5) is 5.69 Å². The van der Waals surface area contributed by atoms with Gasteiger partial charge in [-0.05, 0) is 55.8 Å². The first-order chi connectivity index (χ1) is 15.0. The Morgan fingerprint density at radius 3 is 2.26 bits per heavy atom. The predicted octanol–water partition coefficient (Wildman–Crippen LogP) is 3.68. The molecule has 0 bridgehead atoms. The number of benzene rings is 2. The monoisotopic (exact) mass is 417 g/mol. The Morgan fingerprint density at radius 1 is 0.903 bits per heavy atom. The molecule has 2 heterocycles. The minimum atomic E-state index is -0.827. The van der Waals surface area contributed by atoms with E-state index in [-0.39, 0.29) is 5.91 Å². The minimum absolute atomic E-state index is 0.154. The predicted molar refractivity (Wildman–Crippen MR) is 121 cm³/mol. The summed E-state index contributed by atoms with van der Waals surface area (Å²) < 4.78 is 7.47. The quantitative estimate of drug-likeness (QED) is 0.595. The van der Waals surface area contributed by atoms with Crippen LogP contribution in [0.2, 0.25) is 0 Å². The molecule has 1 amide bonds. The molecule has 0 radical (unpaired) electrons. The van der Waals surface area contributed by atoms with Crippen molar-refractivity contribution in [2.75, 3.05) is 31.1 Å². The number of ether oxygens (including phenoxy) is 1. The molecular formula is C25H27N3O3. The average Bonchev–Trinajstić information content (AvgIpc) is 3.34. The van der Waals surface area contributed by atoms with Gasteiger partial charge in [-0.15, -0.1) is 0 Å². The van der Waals surface area contributed by atoms with E-state index in [1.165, 1.54) is 0 Å². The van der Waals surface area contributed by atoms with E-state index in [1.54, 1.807) is 24.0 Å². The van der Waals surface area contributed by atoms with Gasteiger partial charge in [0.15, 0.2) is 6.10 Å². The molecule has 3 aromatic rings. The lowest BCUT2D eigenvalue weighted by molar-refractivity contribution is -0.140. The number of aromatic nitrogens is 1. The SMILES string of the molecule is Cc1ccc(C(=O)OC(C)C(=O)N2CCN(c3ccccc3)CC2)cc1-n1cccc1. The van der Waals surface area contributed by atoms with Gasteiger partial charge in [0.1, 0.15) is 0 Å². The number of carbonyl (C=O) groups excluding carboxylic acids is 2. The number of hydrogen-bond acceptors (Lipinski definition) is 4. The number of esters is 1. The molecule has 0 N–H and O–H groups in total. The van der Waals surface area contributed by atoms with Crippen molar-refractivity contribution in [1.82, 2.24) is 9.47 Å². The van der Waals surface area contributed by atoms with Crippen molar-refractivity contribution < 1.29 is 14.3 Å². The zero-order valence-corrected chi connectivity index (χ0v) is 17.9. The van der Waals surface area contributed by atoms with Crippen LogP contribution >= 0.6 is 0 Å². The second-order valence-electron chi connectivity index (χ2n) is 7.79. The molecule has 1 fully saturated rings. The van der Waals surface area contributed by atoms with E-state index in [0.717, 1.165) is 30.0 Å². The number of para-hydroxylation sites is 1. The summed E-state index contributed by atoms with van der Waals surface area (Å²) in [6.45, 7) is 6.37. The molecule has 1 aliphatic rings. The molecule has 31 heavy (non-hydrogen) atoms. The van der Waals surface area contributed by atoms with Gasteiger partial charge in [-0.2, -0.15) is 0 Å². The number of amides is 1. The Labute approximate surface area is 182 Å². The fourth-order valence-electron chi connectivity index (χ4n) is 3.87. The van der Waals surface area contributed by atoms with E-state index < -0.39 is 12.1 Å². The lowest BCUT2D eigenvalue weighted by atomic mass is 10.1. The molecule has 1 saturated heterocycles. The third kappa shape index (κ3) is 4.63. The van der Waals surface area contributed by atoms with Crippen molar-refractivity contribution in [3.8, 4) is 5.69 Å². The van der Waals surface area contributed by atoms with Crippen LogP contribution in [0, 0.1) is 6.92 Å². The smallest absolute Gasteiger partial charge is 0.338 e. The summed E-state index contributed by atoms with van der Waals surface area (Å²) in [5.41, 5.74) is 3.55. The molecule has 0 aliphatic carbocycles. The van der Waals surface area contributed by atoms with E-state index in [2.05, 4.69) is 17.0 Å². The molecule has 2 aromatic carbocycles. The zero-order chi connectivity index (χ0) is 21.8. The van der Waals surface area contributed by atoms with Crippen molar-refractivity contribution in [2.24, 2.45) is 0 Å². The summed E-state index contributed by atoms with van der Waals surface area (Å²) in [7, 11) is 0. The number of anilines is 1. The molecule has 0 spiro atoms. The highest BCUT2D eigenvalue weighted by molar-refractivity contribution is 5.93. The maximum Gasteiger partial charge on any atom is 0.338 e. The summed E-state index contributed by atoms with van der Waals surface area (Å²) in [4.78, 5) is 29.6. The molecule has 1 atom stereocenters. The van der Waals surface area contributed by atoms with Crippen LogP contribution < -0.4 is 4.90 Å². The highest BCUT2D eigenvalue weighted by Crippen LogP contribution is 2.19. The first-order valence-corrected chi connectivity index (χ1v) is 10.6. The summed E-state index contributed by atoms with van der Waals surface area (Å²) in [6.07, 6.45) is 3.03. The van der Waals surface area contributed by atoms with Gasteiger partial charge in [-0.1, -0.05) is 24.3 Å². The minimum Gasteiger partial charge on any atom is -0.449 e. The van der Waals surface area contributed by atoms with Gasteiger partial charge in [-0.3, -0.25) is 4.79 Å². The second-order valence-corrected chi connectivity index (χ2v) is 7.79. The number of hydrogen-bond donors (Lipinski definition) is 0. The standard InChI is InChI=1S/C25H27N3O3/c1-19-10-11-21(18-23(19)27-12-6-7-13-27)25(30)31-20(2)24(29)28-16-14-26(15-17-28)22-8-4-3-5-9-22/h3-13,18,20H,14-17H2,1-2H3. The molecule has 160 valence electrons. The Morgan fingerprint density at radius 2 is 1.58 bits per heavy atom. The molecule has 0 saturated carbocycles. The molecule has 1 unspecified atom stereocenters. The van der Waals surface area contributed by atoms with Crippen molar-refractivity contribution in [3.63, 3.8) is 0 Å². The maximum absolute atomic E-state index is 12.8. The molecule has 1 aromatic heterocycles. The number of piperazine rings is 1. The lowest BCUT2D eigenvalue weighted by Gasteiger charge is -2.37. The first-order valence-electron chi connectivity index (χ1n) is 10.6. The van der Waals surface area contributed by atoms with Crippen LogP contribution in [0.3, 0.4) is 0 Å². The van der Waals surface area contributed by atoms with E-state index in [9.17, 15) is 9.59 Å². The summed E-state index contributed by atoms with van der Waals surface area (Å²) in [5.74, 6) is -0.643. The van der Waals surface area contributed by atoms with Gasteiger partial charge in [0, 0.05) is 49.9 Å². The van der Waals surface area contributed by atoms with Crippen LogP contribution in [0.25, 0.3) is 5.69 Å². The van der Waals surface area contributed by atoms with E-state index in [4.69, 9.17) is 4.74 Å². The number of aryl methyl sites for hydroxylation is 1. The lowest BCUT2D eigenvalue weighted by Crippen LogP contribution is -2.51.